The molecule has 140 valence electrons. The molecule has 1 aliphatic heterocycles. The maximum absolute atomic E-state index is 12.5. The molecule has 3 rings (SSSR count). The van der Waals surface area contributed by atoms with E-state index in [-0.39, 0.29) is 17.9 Å². The lowest BCUT2D eigenvalue weighted by atomic mass is 9.99. The fraction of sp³-hybridized carbons (Fsp3) is 0.526. The molecule has 1 amide bonds. The van der Waals surface area contributed by atoms with Crippen LogP contribution in [-0.4, -0.2) is 40.1 Å². The topological polar surface area (TPSA) is 99.2 Å². The predicted molar refractivity (Wildman–Crippen MR) is 103 cm³/mol. The molecule has 2 aromatic rings. The first-order valence-electron chi connectivity index (χ1n) is 9.21. The van der Waals surface area contributed by atoms with Gasteiger partial charge in [-0.05, 0) is 52.3 Å². The van der Waals surface area contributed by atoms with Crippen LogP contribution in [0.2, 0.25) is 0 Å². The summed E-state index contributed by atoms with van der Waals surface area (Å²) in [6.07, 6.45) is 2.96. The van der Waals surface area contributed by atoms with Gasteiger partial charge in [-0.25, -0.2) is 9.97 Å². The Bertz CT molecular complexity index is 785. The summed E-state index contributed by atoms with van der Waals surface area (Å²) in [5.41, 5.74) is 0.590. The second-order valence-corrected chi connectivity index (χ2v) is 7.19. The van der Waals surface area contributed by atoms with Gasteiger partial charge in [0.1, 0.15) is 11.6 Å². The van der Waals surface area contributed by atoms with Crippen LogP contribution >= 0.6 is 0 Å². The van der Waals surface area contributed by atoms with E-state index in [0.29, 0.717) is 23.9 Å². The van der Waals surface area contributed by atoms with Gasteiger partial charge in [0.05, 0.1) is 17.7 Å². The van der Waals surface area contributed by atoms with E-state index in [1.807, 2.05) is 26.0 Å². The first kappa shape index (κ1) is 18.5. The highest BCUT2D eigenvalue weighted by molar-refractivity contribution is 5.97. The Kier molecular flexibility index (Phi) is 5.68. The molecule has 2 atom stereocenters. The van der Waals surface area contributed by atoms with Crippen LogP contribution in [-0.2, 0) is 4.79 Å². The van der Waals surface area contributed by atoms with Crippen molar-refractivity contribution in [3.05, 3.63) is 24.0 Å². The fourth-order valence-electron chi connectivity index (χ4n) is 3.14. The van der Waals surface area contributed by atoms with Crippen LogP contribution in [0.4, 0.5) is 11.6 Å². The Balaban J connectivity index is 1.90. The minimum atomic E-state index is -0.662. The number of aliphatic hydroxyl groups is 1. The van der Waals surface area contributed by atoms with Crippen LogP contribution in [0, 0.1) is 5.92 Å². The number of nitrogens with zero attached hydrogens (tertiary/aromatic N) is 2. The second kappa shape index (κ2) is 7.97. The van der Waals surface area contributed by atoms with Gasteiger partial charge in [-0.15, -0.1) is 0 Å². The van der Waals surface area contributed by atoms with Gasteiger partial charge in [-0.3, -0.25) is 4.79 Å². The summed E-state index contributed by atoms with van der Waals surface area (Å²) in [6, 6.07) is 3.86. The number of hydrogen-bond acceptors (Lipinski definition) is 6. The fourth-order valence-corrected chi connectivity index (χ4v) is 3.14. The summed E-state index contributed by atoms with van der Waals surface area (Å²) in [4.78, 5) is 21.4. The maximum atomic E-state index is 12.5. The van der Waals surface area contributed by atoms with Gasteiger partial charge in [0, 0.05) is 29.6 Å². The molecule has 7 heteroatoms. The van der Waals surface area contributed by atoms with Crippen molar-refractivity contribution < 1.29 is 9.90 Å². The first-order chi connectivity index (χ1) is 12.4. The average molecular weight is 357 g/mol. The molecule has 7 nitrogen and oxygen atoms in total. The number of anilines is 2. The van der Waals surface area contributed by atoms with Crippen LogP contribution in [0.5, 0.6) is 0 Å². The number of piperidine rings is 1. The third-order valence-electron chi connectivity index (χ3n) is 4.51. The zero-order chi connectivity index (χ0) is 18.7. The van der Waals surface area contributed by atoms with E-state index in [4.69, 9.17) is 0 Å². The van der Waals surface area contributed by atoms with E-state index in [1.165, 1.54) is 0 Å². The Morgan fingerprint density at radius 3 is 2.81 bits per heavy atom. The number of carbonyl (C=O) groups is 1. The lowest BCUT2D eigenvalue weighted by molar-refractivity contribution is -0.120. The third-order valence-corrected chi connectivity index (χ3v) is 4.51. The summed E-state index contributed by atoms with van der Waals surface area (Å²) >= 11 is 0. The Labute approximate surface area is 153 Å². The highest BCUT2D eigenvalue weighted by Crippen LogP contribution is 2.27. The zero-order valence-corrected chi connectivity index (χ0v) is 15.5. The summed E-state index contributed by atoms with van der Waals surface area (Å²) in [6.45, 7) is 7.43. The molecule has 0 saturated carbocycles. The van der Waals surface area contributed by atoms with Crippen LogP contribution in [0.25, 0.3) is 10.8 Å². The Hall–Kier alpha value is -2.25. The zero-order valence-electron chi connectivity index (χ0n) is 15.5. The number of hydrogen-bond donors (Lipinski definition) is 4. The van der Waals surface area contributed by atoms with Crippen molar-refractivity contribution >= 4 is 28.3 Å². The summed E-state index contributed by atoms with van der Waals surface area (Å²) in [5.74, 6) is 1.18. The number of aromatic nitrogens is 2. The average Bonchev–Trinajstić information content (AvgIpc) is 2.62. The number of pyridine rings is 2. The first-order valence-corrected chi connectivity index (χ1v) is 9.21. The minimum Gasteiger partial charge on any atom is -0.387 e. The van der Waals surface area contributed by atoms with Crippen molar-refractivity contribution in [1.82, 2.24) is 15.3 Å². The third kappa shape index (κ3) is 4.28. The van der Waals surface area contributed by atoms with Crippen LogP contribution in [0.3, 0.4) is 0 Å². The van der Waals surface area contributed by atoms with E-state index in [9.17, 15) is 9.90 Å². The molecule has 26 heavy (non-hydrogen) atoms. The minimum absolute atomic E-state index is 0.00372. The molecule has 1 fully saturated rings. The summed E-state index contributed by atoms with van der Waals surface area (Å²) in [7, 11) is 0. The quantitative estimate of drug-likeness (QED) is 0.656. The lowest BCUT2D eigenvalue weighted by Crippen LogP contribution is -2.37. The van der Waals surface area contributed by atoms with Crippen molar-refractivity contribution in [2.75, 3.05) is 23.7 Å². The van der Waals surface area contributed by atoms with E-state index < -0.39 is 6.10 Å². The van der Waals surface area contributed by atoms with E-state index in [2.05, 4.69) is 25.9 Å². The van der Waals surface area contributed by atoms with Crippen LogP contribution in [0.15, 0.2) is 18.3 Å². The number of amides is 1. The van der Waals surface area contributed by atoms with Crippen molar-refractivity contribution in [3.8, 4) is 0 Å². The van der Waals surface area contributed by atoms with E-state index >= 15 is 0 Å². The SMILES string of the molecule is CC(C)Nc1nc(C(C)O)cc2cnc(NC(=O)[C@@H]3CCCNC3)cc12. The molecule has 0 bridgehead atoms. The molecule has 0 aliphatic carbocycles. The Morgan fingerprint density at radius 1 is 1.35 bits per heavy atom. The maximum Gasteiger partial charge on any atom is 0.229 e. The normalized spacial score (nSPS) is 18.7. The largest absolute Gasteiger partial charge is 0.387 e. The number of rotatable bonds is 5. The van der Waals surface area contributed by atoms with Crippen molar-refractivity contribution in [2.24, 2.45) is 5.92 Å². The van der Waals surface area contributed by atoms with Gasteiger partial charge in [-0.2, -0.15) is 0 Å². The molecule has 0 aromatic carbocycles. The number of aliphatic hydroxyl groups excluding tert-OH is 1. The molecule has 4 N–H and O–H groups in total. The highest BCUT2D eigenvalue weighted by atomic mass is 16.3. The lowest BCUT2D eigenvalue weighted by Gasteiger charge is -2.21. The van der Waals surface area contributed by atoms with Gasteiger partial charge in [0.15, 0.2) is 0 Å². The van der Waals surface area contributed by atoms with Gasteiger partial charge >= 0.3 is 0 Å². The number of carbonyl (C=O) groups excluding carboxylic acids is 1. The van der Waals surface area contributed by atoms with E-state index in [1.54, 1.807) is 13.1 Å². The molecule has 1 unspecified atom stereocenters. The van der Waals surface area contributed by atoms with Crippen molar-refractivity contribution in [3.63, 3.8) is 0 Å². The molecular formula is C19H27N5O2. The highest BCUT2D eigenvalue weighted by Gasteiger charge is 2.21. The van der Waals surface area contributed by atoms with Crippen LogP contribution in [0.1, 0.15) is 45.4 Å². The number of fused-ring (bicyclic) bond motifs is 1. The smallest absolute Gasteiger partial charge is 0.229 e. The molecule has 2 aromatic heterocycles. The molecule has 3 heterocycles. The second-order valence-electron chi connectivity index (χ2n) is 7.19. The molecule has 1 saturated heterocycles. The number of nitrogens with one attached hydrogen (secondary N) is 3. The van der Waals surface area contributed by atoms with Crippen molar-refractivity contribution in [2.45, 2.75) is 45.8 Å². The standard InChI is InChI=1S/C19H27N5O2/c1-11(2)22-18-15-8-17(24-19(26)13-5-4-6-20-9-13)21-10-14(15)7-16(23-18)12(3)25/h7-8,10-13,20,25H,4-6,9H2,1-3H3,(H,22,23)(H,21,24,26)/t12?,13-/m1/s1. The molecular weight excluding hydrogens is 330 g/mol. The van der Waals surface area contributed by atoms with Crippen molar-refractivity contribution in [1.29, 1.82) is 0 Å². The van der Waals surface area contributed by atoms with E-state index in [0.717, 1.165) is 30.2 Å². The molecule has 1 aliphatic rings. The van der Waals surface area contributed by atoms with Gasteiger partial charge in [0.25, 0.3) is 0 Å². The Morgan fingerprint density at radius 2 is 2.15 bits per heavy atom. The molecule has 0 spiro atoms. The van der Waals surface area contributed by atoms with Gasteiger partial charge in [0.2, 0.25) is 5.91 Å². The molecule has 0 radical (unpaired) electrons. The summed E-state index contributed by atoms with van der Waals surface area (Å²) in [5, 5.41) is 21.1. The van der Waals surface area contributed by atoms with Crippen LogP contribution < -0.4 is 16.0 Å². The van der Waals surface area contributed by atoms with Gasteiger partial charge in [-0.1, -0.05) is 0 Å². The summed E-state index contributed by atoms with van der Waals surface area (Å²) < 4.78 is 0. The van der Waals surface area contributed by atoms with Gasteiger partial charge < -0.3 is 21.1 Å². The predicted octanol–water partition coefficient (Wildman–Crippen LogP) is 2.44. The monoisotopic (exact) mass is 357 g/mol.